The lowest BCUT2D eigenvalue weighted by molar-refractivity contribution is -0.136. The summed E-state index contributed by atoms with van der Waals surface area (Å²) in [5.41, 5.74) is -0.147. The fourth-order valence-electron chi connectivity index (χ4n) is 1.44. The van der Waals surface area contributed by atoms with Crippen LogP contribution in [0.2, 0.25) is 0 Å². The molecule has 0 aliphatic carbocycles. The van der Waals surface area contributed by atoms with Crippen molar-refractivity contribution in [3.8, 4) is 0 Å². The Hall–Kier alpha value is -0.630. The first-order valence-electron chi connectivity index (χ1n) is 5.76. The molecule has 0 aromatic carbocycles. The summed E-state index contributed by atoms with van der Waals surface area (Å²) in [7, 11) is 0. The van der Waals surface area contributed by atoms with E-state index < -0.39 is 5.60 Å². The second-order valence-corrected chi connectivity index (χ2v) is 4.53. The monoisotopic (exact) mass is 212 g/mol. The third kappa shape index (κ3) is 5.73. The summed E-state index contributed by atoms with van der Waals surface area (Å²) in [4.78, 5) is 11.7. The molecule has 0 fully saturated rings. The lowest BCUT2D eigenvalue weighted by atomic mass is 9.98. The Morgan fingerprint density at radius 3 is 2.33 bits per heavy atom. The van der Waals surface area contributed by atoms with Gasteiger partial charge in [-0.25, -0.2) is 0 Å². The van der Waals surface area contributed by atoms with Crippen LogP contribution in [0.4, 0.5) is 0 Å². The molecule has 0 radical (unpaired) electrons. The fraction of sp³-hybridized carbons (Fsp3) is 0.769. The number of carbonyl (C=O) groups excluding carboxylic acids is 1. The first-order chi connectivity index (χ1) is 6.91. The van der Waals surface area contributed by atoms with E-state index in [0.717, 1.165) is 6.42 Å². The van der Waals surface area contributed by atoms with E-state index in [9.17, 15) is 4.79 Å². The Labute approximate surface area is 93.7 Å². The van der Waals surface area contributed by atoms with E-state index in [-0.39, 0.29) is 5.78 Å². The maximum atomic E-state index is 11.7. The van der Waals surface area contributed by atoms with E-state index in [2.05, 4.69) is 13.5 Å². The first-order valence-corrected chi connectivity index (χ1v) is 5.76. The lowest BCUT2D eigenvalue weighted by Gasteiger charge is -2.23. The molecule has 0 heterocycles. The predicted octanol–water partition coefficient (Wildman–Crippen LogP) is 3.51. The number of carbonyl (C=O) groups is 1. The molecule has 0 saturated heterocycles. The molecule has 88 valence electrons. The van der Waals surface area contributed by atoms with E-state index in [1.807, 2.05) is 13.8 Å². The highest BCUT2D eigenvalue weighted by molar-refractivity contribution is 6.00. The highest BCUT2D eigenvalue weighted by Gasteiger charge is 2.28. The van der Waals surface area contributed by atoms with Crippen LogP contribution in [0, 0.1) is 0 Å². The Morgan fingerprint density at radius 1 is 1.27 bits per heavy atom. The van der Waals surface area contributed by atoms with Gasteiger partial charge in [-0.15, -0.1) is 0 Å². The molecule has 0 bridgehead atoms. The van der Waals surface area contributed by atoms with Crippen molar-refractivity contribution in [1.82, 2.24) is 0 Å². The summed E-state index contributed by atoms with van der Waals surface area (Å²) in [5, 5.41) is 0. The zero-order valence-electron chi connectivity index (χ0n) is 10.6. The van der Waals surface area contributed by atoms with Crippen LogP contribution in [0.15, 0.2) is 12.2 Å². The van der Waals surface area contributed by atoms with Crippen molar-refractivity contribution in [2.75, 3.05) is 6.61 Å². The highest BCUT2D eigenvalue weighted by Crippen LogP contribution is 2.16. The standard InChI is InChI=1S/C13H24O2/c1-6-7-8-9-10-15-13(4,5)12(14)11(2)3/h2,6-10H2,1,3-5H3. The molecule has 0 saturated carbocycles. The van der Waals surface area contributed by atoms with Crippen LogP contribution in [0.1, 0.15) is 53.4 Å². The largest absolute Gasteiger partial charge is 0.367 e. The van der Waals surface area contributed by atoms with Gasteiger partial charge in [0.05, 0.1) is 0 Å². The molecule has 0 N–H and O–H groups in total. The third-order valence-corrected chi connectivity index (χ3v) is 2.40. The van der Waals surface area contributed by atoms with Gasteiger partial charge in [0, 0.05) is 6.61 Å². The molecule has 15 heavy (non-hydrogen) atoms. The molecule has 0 atom stereocenters. The van der Waals surface area contributed by atoms with Gasteiger partial charge in [-0.3, -0.25) is 4.79 Å². The predicted molar refractivity (Wildman–Crippen MR) is 64.0 cm³/mol. The molecule has 0 amide bonds. The maximum absolute atomic E-state index is 11.7. The van der Waals surface area contributed by atoms with Gasteiger partial charge in [-0.2, -0.15) is 0 Å². The zero-order chi connectivity index (χ0) is 11.9. The van der Waals surface area contributed by atoms with Gasteiger partial charge in [0.25, 0.3) is 0 Å². The van der Waals surface area contributed by atoms with Crippen molar-refractivity contribution in [3.63, 3.8) is 0 Å². The summed E-state index contributed by atoms with van der Waals surface area (Å²) in [6.45, 7) is 11.8. The van der Waals surface area contributed by atoms with Crippen molar-refractivity contribution in [1.29, 1.82) is 0 Å². The average Bonchev–Trinajstić information content (AvgIpc) is 2.16. The van der Waals surface area contributed by atoms with Crippen LogP contribution in [0.25, 0.3) is 0 Å². The fourth-order valence-corrected chi connectivity index (χ4v) is 1.44. The lowest BCUT2D eigenvalue weighted by Crippen LogP contribution is -2.35. The number of hydrogen-bond donors (Lipinski definition) is 0. The summed E-state index contributed by atoms with van der Waals surface area (Å²) < 4.78 is 5.59. The Bertz CT molecular complexity index is 217. The number of hydrogen-bond acceptors (Lipinski definition) is 2. The van der Waals surface area contributed by atoms with E-state index >= 15 is 0 Å². The van der Waals surface area contributed by atoms with Crippen LogP contribution in [-0.4, -0.2) is 18.0 Å². The van der Waals surface area contributed by atoms with Crippen molar-refractivity contribution in [3.05, 3.63) is 12.2 Å². The number of unbranched alkanes of at least 4 members (excludes halogenated alkanes) is 3. The maximum Gasteiger partial charge on any atom is 0.189 e. The molecule has 0 spiro atoms. The van der Waals surface area contributed by atoms with Gasteiger partial charge in [0.1, 0.15) is 5.60 Å². The second kappa shape index (κ2) is 6.78. The summed E-state index contributed by atoms with van der Waals surface area (Å²) in [5.74, 6) is -0.00186. The van der Waals surface area contributed by atoms with E-state index in [1.54, 1.807) is 6.92 Å². The molecule has 0 unspecified atom stereocenters. The van der Waals surface area contributed by atoms with Crippen LogP contribution in [-0.2, 0) is 9.53 Å². The summed E-state index contributed by atoms with van der Waals surface area (Å²) in [6, 6.07) is 0. The summed E-state index contributed by atoms with van der Waals surface area (Å²) >= 11 is 0. The Balaban J connectivity index is 3.84. The minimum atomic E-state index is -0.710. The summed E-state index contributed by atoms with van der Waals surface area (Å²) in [6.07, 6.45) is 4.65. The van der Waals surface area contributed by atoms with E-state index in [1.165, 1.54) is 19.3 Å². The van der Waals surface area contributed by atoms with Crippen molar-refractivity contribution < 1.29 is 9.53 Å². The minimum absolute atomic E-state index is 0.00186. The van der Waals surface area contributed by atoms with Crippen molar-refractivity contribution in [2.24, 2.45) is 0 Å². The van der Waals surface area contributed by atoms with Crippen molar-refractivity contribution >= 4 is 5.78 Å². The van der Waals surface area contributed by atoms with Gasteiger partial charge < -0.3 is 4.74 Å². The van der Waals surface area contributed by atoms with Gasteiger partial charge in [-0.1, -0.05) is 32.8 Å². The molecule has 2 heteroatoms. The van der Waals surface area contributed by atoms with Gasteiger partial charge in [-0.05, 0) is 32.8 Å². The number of ether oxygens (including phenoxy) is 1. The van der Waals surface area contributed by atoms with E-state index in [4.69, 9.17) is 4.74 Å². The second-order valence-electron chi connectivity index (χ2n) is 4.53. The molecular weight excluding hydrogens is 188 g/mol. The van der Waals surface area contributed by atoms with Gasteiger partial charge in [0.2, 0.25) is 0 Å². The first kappa shape index (κ1) is 14.4. The van der Waals surface area contributed by atoms with Crippen LogP contribution < -0.4 is 0 Å². The Morgan fingerprint density at radius 2 is 1.87 bits per heavy atom. The quantitative estimate of drug-likeness (QED) is 0.454. The highest BCUT2D eigenvalue weighted by atomic mass is 16.5. The normalized spacial score (nSPS) is 11.5. The molecule has 0 aliphatic rings. The minimum Gasteiger partial charge on any atom is -0.367 e. The smallest absolute Gasteiger partial charge is 0.189 e. The van der Waals surface area contributed by atoms with Crippen LogP contribution in [0.5, 0.6) is 0 Å². The van der Waals surface area contributed by atoms with Gasteiger partial charge >= 0.3 is 0 Å². The number of rotatable bonds is 8. The third-order valence-electron chi connectivity index (χ3n) is 2.40. The SMILES string of the molecule is C=C(C)C(=O)C(C)(C)OCCCCCC. The van der Waals surface area contributed by atoms with Gasteiger partial charge in [0.15, 0.2) is 5.78 Å². The zero-order valence-corrected chi connectivity index (χ0v) is 10.6. The number of ketones is 1. The topological polar surface area (TPSA) is 26.3 Å². The molecule has 0 rings (SSSR count). The van der Waals surface area contributed by atoms with Crippen molar-refractivity contribution in [2.45, 2.75) is 59.0 Å². The van der Waals surface area contributed by atoms with E-state index in [0.29, 0.717) is 12.2 Å². The number of Topliss-reactive ketones (excluding diaryl/α,β-unsaturated/α-hetero) is 1. The molecular formula is C13H24O2. The van der Waals surface area contributed by atoms with Crippen LogP contribution in [0.3, 0.4) is 0 Å². The molecule has 0 aromatic heterocycles. The Kier molecular flexibility index (Phi) is 6.50. The molecule has 0 aromatic rings. The molecule has 0 aliphatic heterocycles. The average molecular weight is 212 g/mol. The van der Waals surface area contributed by atoms with Crippen LogP contribution >= 0.6 is 0 Å². The molecule has 2 nitrogen and oxygen atoms in total.